The Bertz CT molecular complexity index is 474. The molecule has 3 nitrogen and oxygen atoms in total. The predicted octanol–water partition coefficient (Wildman–Crippen LogP) is 4.03. The maximum Gasteiger partial charge on any atom is 0.320 e. The van der Waals surface area contributed by atoms with Crippen LogP contribution in [-0.4, -0.2) is 35.1 Å². The molecule has 0 saturated carbocycles. The normalized spacial score (nSPS) is 22.1. The molecule has 1 saturated heterocycles. The third-order valence-corrected chi connectivity index (χ3v) is 4.91. The number of carbonyl (C=O) groups is 1. The molecule has 1 aromatic carbocycles. The first-order valence-corrected chi connectivity index (χ1v) is 8.17. The molecule has 3 unspecified atom stereocenters. The van der Waals surface area contributed by atoms with Gasteiger partial charge in [0.05, 0.1) is 5.38 Å². The van der Waals surface area contributed by atoms with Crippen LogP contribution >= 0.6 is 11.6 Å². The van der Waals surface area contributed by atoms with Gasteiger partial charge in [-0.25, -0.2) is 0 Å². The molecule has 3 atom stereocenters. The summed E-state index contributed by atoms with van der Waals surface area (Å²) in [6, 6.07) is 8.05. The van der Waals surface area contributed by atoms with Crippen molar-refractivity contribution < 1.29 is 9.90 Å². The van der Waals surface area contributed by atoms with Crippen molar-refractivity contribution in [1.29, 1.82) is 0 Å². The van der Waals surface area contributed by atoms with E-state index in [4.69, 9.17) is 11.6 Å². The van der Waals surface area contributed by atoms with Crippen molar-refractivity contribution in [3.05, 3.63) is 35.4 Å². The summed E-state index contributed by atoms with van der Waals surface area (Å²) in [5.74, 6) is -0.175. The van der Waals surface area contributed by atoms with Gasteiger partial charge in [-0.2, -0.15) is 0 Å². The summed E-state index contributed by atoms with van der Waals surface area (Å²) >= 11 is 6.49. The number of hydrogen-bond donors (Lipinski definition) is 1. The van der Waals surface area contributed by atoms with Crippen LogP contribution in [0.15, 0.2) is 24.3 Å². The molecule has 0 bridgehead atoms. The zero-order valence-electron chi connectivity index (χ0n) is 12.8. The van der Waals surface area contributed by atoms with Crippen LogP contribution in [0.4, 0.5) is 0 Å². The molecule has 1 N–H and O–H groups in total. The Morgan fingerprint density at radius 2 is 2.00 bits per heavy atom. The number of hydrogen-bond acceptors (Lipinski definition) is 2. The maximum absolute atomic E-state index is 11.2. The first-order chi connectivity index (χ1) is 10.0. The number of benzene rings is 1. The van der Waals surface area contributed by atoms with Crippen molar-refractivity contribution in [2.24, 2.45) is 0 Å². The zero-order valence-corrected chi connectivity index (χ0v) is 13.5. The lowest BCUT2D eigenvalue weighted by molar-refractivity contribution is -0.142. The topological polar surface area (TPSA) is 40.5 Å². The molecule has 0 amide bonds. The van der Waals surface area contributed by atoms with Crippen molar-refractivity contribution in [2.75, 3.05) is 13.1 Å². The smallest absolute Gasteiger partial charge is 0.320 e. The van der Waals surface area contributed by atoms with Crippen LogP contribution in [0.5, 0.6) is 0 Å². The highest BCUT2D eigenvalue weighted by molar-refractivity contribution is 6.21. The number of carboxylic acids is 1. The second-order valence-corrected chi connectivity index (χ2v) is 6.46. The van der Waals surface area contributed by atoms with Crippen LogP contribution in [0, 0.1) is 0 Å². The maximum atomic E-state index is 11.2. The van der Waals surface area contributed by atoms with Gasteiger partial charge in [0.1, 0.15) is 6.04 Å². The van der Waals surface area contributed by atoms with Gasteiger partial charge in [-0.1, -0.05) is 38.1 Å². The van der Waals surface area contributed by atoms with E-state index in [0.29, 0.717) is 12.5 Å². The summed E-state index contributed by atoms with van der Waals surface area (Å²) in [7, 11) is 0. The van der Waals surface area contributed by atoms with Gasteiger partial charge < -0.3 is 5.11 Å². The summed E-state index contributed by atoms with van der Waals surface area (Å²) in [5.41, 5.74) is 2.40. The predicted molar refractivity (Wildman–Crippen MR) is 86.0 cm³/mol. The zero-order chi connectivity index (χ0) is 15.4. The van der Waals surface area contributed by atoms with Crippen LogP contribution in [0.25, 0.3) is 0 Å². The van der Waals surface area contributed by atoms with E-state index >= 15 is 0 Å². The van der Waals surface area contributed by atoms with Gasteiger partial charge in [-0.05, 0) is 42.9 Å². The molecule has 4 heteroatoms. The minimum Gasteiger partial charge on any atom is -0.480 e. The summed E-state index contributed by atoms with van der Waals surface area (Å²) in [5, 5.41) is 9.05. The number of halogens is 1. The Balaban J connectivity index is 2.00. The standard InChI is InChI=1S/C17H24ClNO2/c1-3-12(2)13-6-8-14(9-7-13)15(18)11-19-10-4-5-16(19)17(20)21/h6-9,12,15-16H,3-5,10-11H2,1-2H3,(H,20,21). The van der Waals surface area contributed by atoms with Gasteiger partial charge in [-0.15, -0.1) is 11.6 Å². The van der Waals surface area contributed by atoms with Gasteiger partial charge in [0, 0.05) is 6.54 Å². The number of rotatable bonds is 6. The Labute approximate surface area is 131 Å². The van der Waals surface area contributed by atoms with Crippen molar-refractivity contribution in [3.8, 4) is 0 Å². The molecule has 0 aromatic heterocycles. The fraction of sp³-hybridized carbons (Fsp3) is 0.588. The van der Waals surface area contributed by atoms with Gasteiger partial charge in [0.15, 0.2) is 0 Å². The number of aliphatic carboxylic acids is 1. The van der Waals surface area contributed by atoms with E-state index in [2.05, 4.69) is 38.1 Å². The molecule has 0 radical (unpaired) electrons. The molecule has 2 rings (SSSR count). The van der Waals surface area contributed by atoms with Crippen molar-refractivity contribution in [3.63, 3.8) is 0 Å². The van der Waals surface area contributed by atoms with E-state index in [1.165, 1.54) is 5.56 Å². The minimum absolute atomic E-state index is 0.157. The van der Waals surface area contributed by atoms with Crippen LogP contribution < -0.4 is 0 Å². The van der Waals surface area contributed by atoms with Crippen LogP contribution in [0.3, 0.4) is 0 Å². The molecule has 116 valence electrons. The number of carboxylic acid groups (broad SMARTS) is 1. The van der Waals surface area contributed by atoms with E-state index < -0.39 is 5.97 Å². The first kappa shape index (κ1) is 16.3. The molecule has 1 heterocycles. The highest BCUT2D eigenvalue weighted by atomic mass is 35.5. The molecule has 21 heavy (non-hydrogen) atoms. The highest BCUT2D eigenvalue weighted by Crippen LogP contribution is 2.28. The van der Waals surface area contributed by atoms with Crippen molar-refractivity contribution in [1.82, 2.24) is 4.90 Å². The van der Waals surface area contributed by atoms with E-state index in [9.17, 15) is 9.90 Å². The molecular formula is C17H24ClNO2. The number of likely N-dealkylation sites (tertiary alicyclic amines) is 1. The Morgan fingerprint density at radius 1 is 1.38 bits per heavy atom. The quantitative estimate of drug-likeness (QED) is 0.807. The van der Waals surface area contributed by atoms with Crippen molar-refractivity contribution >= 4 is 17.6 Å². The Kier molecular flexibility index (Phi) is 5.65. The van der Waals surface area contributed by atoms with Gasteiger partial charge in [-0.3, -0.25) is 9.69 Å². The Hall–Kier alpha value is -1.06. The fourth-order valence-electron chi connectivity index (χ4n) is 2.90. The Morgan fingerprint density at radius 3 is 2.57 bits per heavy atom. The van der Waals surface area contributed by atoms with E-state index in [1.54, 1.807) is 0 Å². The molecule has 0 aliphatic carbocycles. The first-order valence-electron chi connectivity index (χ1n) is 7.73. The van der Waals surface area contributed by atoms with Crippen LogP contribution in [-0.2, 0) is 4.79 Å². The van der Waals surface area contributed by atoms with E-state index in [-0.39, 0.29) is 11.4 Å². The number of alkyl halides is 1. The lowest BCUT2D eigenvalue weighted by Crippen LogP contribution is -2.37. The lowest BCUT2D eigenvalue weighted by atomic mass is 9.97. The monoisotopic (exact) mass is 309 g/mol. The second kappa shape index (κ2) is 7.28. The van der Waals surface area contributed by atoms with E-state index in [1.807, 2.05) is 4.90 Å². The minimum atomic E-state index is -0.733. The lowest BCUT2D eigenvalue weighted by Gasteiger charge is -2.24. The van der Waals surface area contributed by atoms with Crippen molar-refractivity contribution in [2.45, 2.75) is 50.4 Å². The molecule has 1 fully saturated rings. The average molecular weight is 310 g/mol. The van der Waals surface area contributed by atoms with Gasteiger partial charge in [0.25, 0.3) is 0 Å². The van der Waals surface area contributed by atoms with Crippen LogP contribution in [0.2, 0.25) is 0 Å². The summed E-state index contributed by atoms with van der Waals surface area (Å²) in [4.78, 5) is 13.2. The third kappa shape index (κ3) is 3.98. The average Bonchev–Trinajstić information content (AvgIpc) is 2.95. The van der Waals surface area contributed by atoms with Gasteiger partial charge >= 0.3 is 5.97 Å². The molecule has 1 aliphatic heterocycles. The third-order valence-electron chi connectivity index (χ3n) is 4.52. The second-order valence-electron chi connectivity index (χ2n) is 5.93. The molecule has 1 aromatic rings. The molecule has 1 aliphatic rings. The summed E-state index contributed by atoms with van der Waals surface area (Å²) in [6.07, 6.45) is 2.79. The SMILES string of the molecule is CCC(C)c1ccc(C(Cl)CN2CCCC2C(=O)O)cc1. The van der Waals surface area contributed by atoms with Crippen LogP contribution in [0.1, 0.15) is 55.5 Å². The molecule has 0 spiro atoms. The highest BCUT2D eigenvalue weighted by Gasteiger charge is 2.31. The molecular weight excluding hydrogens is 286 g/mol. The fourth-order valence-corrected chi connectivity index (χ4v) is 3.23. The largest absolute Gasteiger partial charge is 0.480 e. The summed E-state index contributed by atoms with van der Waals surface area (Å²) < 4.78 is 0. The number of nitrogens with zero attached hydrogens (tertiary/aromatic N) is 1. The van der Waals surface area contributed by atoms with E-state index in [0.717, 1.165) is 31.4 Å². The summed E-state index contributed by atoms with van der Waals surface area (Å²) in [6.45, 7) is 5.82. The van der Waals surface area contributed by atoms with Gasteiger partial charge in [0.2, 0.25) is 0 Å².